The Balaban J connectivity index is 1.28. The molecule has 40 heavy (non-hydrogen) atoms. The second kappa shape index (κ2) is 8.67. The van der Waals surface area contributed by atoms with Gasteiger partial charge in [-0.3, -0.25) is 9.59 Å². The molecule has 9 nitrogen and oxygen atoms in total. The Morgan fingerprint density at radius 1 is 0.825 bits per heavy atom. The normalized spacial score (nSPS) is 12.9. The van der Waals surface area contributed by atoms with E-state index in [0.29, 0.717) is 22.4 Å². The van der Waals surface area contributed by atoms with E-state index in [1.54, 1.807) is 18.2 Å². The number of hydrogen-bond donors (Lipinski definition) is 1. The van der Waals surface area contributed by atoms with Crippen molar-refractivity contribution in [3.8, 4) is 28.5 Å². The lowest BCUT2D eigenvalue weighted by Crippen LogP contribution is -2.29. The number of para-hydroxylation sites is 1. The Morgan fingerprint density at radius 3 is 2.42 bits per heavy atom. The summed E-state index contributed by atoms with van der Waals surface area (Å²) in [6, 6.07) is 24.1. The molecule has 194 valence electrons. The topological polar surface area (TPSA) is 123 Å². The van der Waals surface area contributed by atoms with Gasteiger partial charge >= 0.3 is 5.97 Å². The van der Waals surface area contributed by atoms with Crippen molar-refractivity contribution in [1.29, 1.82) is 0 Å². The Labute approximate surface area is 225 Å². The number of furan rings is 1. The van der Waals surface area contributed by atoms with Crippen LogP contribution in [0.1, 0.15) is 31.1 Å². The van der Waals surface area contributed by atoms with Gasteiger partial charge < -0.3 is 18.7 Å². The van der Waals surface area contributed by atoms with Crippen LogP contribution < -0.4 is 9.64 Å². The maximum atomic E-state index is 13.3. The molecule has 1 N–H and O–H groups in total. The van der Waals surface area contributed by atoms with Gasteiger partial charge in [0.05, 0.1) is 29.5 Å². The maximum absolute atomic E-state index is 13.3. The van der Waals surface area contributed by atoms with E-state index in [9.17, 15) is 19.5 Å². The van der Waals surface area contributed by atoms with Gasteiger partial charge in [0, 0.05) is 16.5 Å². The van der Waals surface area contributed by atoms with Crippen LogP contribution in [0.5, 0.6) is 5.75 Å². The molecule has 1 aliphatic rings. The summed E-state index contributed by atoms with van der Waals surface area (Å²) in [4.78, 5) is 43.6. The number of benzene rings is 4. The highest BCUT2D eigenvalue weighted by Gasteiger charge is 2.39. The number of aromatic carboxylic acids is 1. The number of hydrogen-bond acceptors (Lipinski definition) is 7. The second-order valence-corrected chi connectivity index (χ2v) is 9.25. The van der Waals surface area contributed by atoms with E-state index in [1.807, 2.05) is 48.5 Å². The van der Waals surface area contributed by atoms with Gasteiger partial charge in [0.1, 0.15) is 22.6 Å². The number of anilines is 1. The van der Waals surface area contributed by atoms with Gasteiger partial charge in [-0.2, -0.15) is 0 Å². The number of carboxylic acids is 1. The van der Waals surface area contributed by atoms with Gasteiger partial charge in [0.15, 0.2) is 5.58 Å². The molecule has 0 aliphatic carbocycles. The first kappa shape index (κ1) is 23.4. The molecular formula is C31H18N2O7. The van der Waals surface area contributed by atoms with Crippen molar-refractivity contribution < 1.29 is 33.1 Å². The van der Waals surface area contributed by atoms with Crippen LogP contribution in [0.4, 0.5) is 5.69 Å². The van der Waals surface area contributed by atoms with Crippen molar-refractivity contribution in [2.24, 2.45) is 0 Å². The molecule has 7 rings (SSSR count). The molecule has 0 bridgehead atoms. The molecule has 9 heteroatoms. The van der Waals surface area contributed by atoms with Crippen molar-refractivity contribution in [2.75, 3.05) is 12.0 Å². The second-order valence-electron chi connectivity index (χ2n) is 9.25. The summed E-state index contributed by atoms with van der Waals surface area (Å²) < 4.78 is 17.5. The number of nitrogens with zero attached hydrogens (tertiary/aromatic N) is 2. The van der Waals surface area contributed by atoms with Crippen LogP contribution in [0.2, 0.25) is 0 Å². The number of carboxylic acid groups (broad SMARTS) is 1. The minimum atomic E-state index is -1.19. The van der Waals surface area contributed by atoms with Gasteiger partial charge in [-0.05, 0) is 66.7 Å². The zero-order chi connectivity index (χ0) is 27.5. The Kier molecular flexibility index (Phi) is 5.08. The number of amides is 2. The van der Waals surface area contributed by atoms with Crippen LogP contribution in [0.25, 0.3) is 44.8 Å². The van der Waals surface area contributed by atoms with Gasteiger partial charge in [-0.25, -0.2) is 14.7 Å². The standard InChI is InChI=1S/C31H18N2O7/c1-38-26-11-8-18(14-23(26)33-29(34)20-9-6-19(31(36)37)12-21(20)30(33)35)28-32-22-13-17(7-10-25(22)40-28)27-15-16-4-2-3-5-24(16)39-27/h2-15H,1H3,(H,36,37). The summed E-state index contributed by atoms with van der Waals surface area (Å²) in [5, 5.41) is 10.3. The molecule has 0 radical (unpaired) electrons. The van der Waals surface area contributed by atoms with Crippen molar-refractivity contribution in [1.82, 2.24) is 4.98 Å². The van der Waals surface area contributed by atoms with E-state index >= 15 is 0 Å². The molecule has 0 atom stereocenters. The SMILES string of the molecule is COc1ccc(-c2nc3cc(-c4cc5ccccc5o4)ccc3o2)cc1N1C(=O)c2ccc(C(=O)O)cc2C1=O. The van der Waals surface area contributed by atoms with Crippen LogP contribution in [0, 0.1) is 0 Å². The highest BCUT2D eigenvalue weighted by Crippen LogP contribution is 2.39. The minimum absolute atomic E-state index is 0.0114. The number of fused-ring (bicyclic) bond motifs is 3. The lowest BCUT2D eigenvalue weighted by Gasteiger charge is -2.18. The van der Waals surface area contributed by atoms with Crippen molar-refractivity contribution in [3.63, 3.8) is 0 Å². The number of carbonyl (C=O) groups is 3. The molecule has 4 aromatic carbocycles. The highest BCUT2D eigenvalue weighted by atomic mass is 16.5. The van der Waals surface area contributed by atoms with Crippen LogP contribution >= 0.6 is 0 Å². The van der Waals surface area contributed by atoms with Crippen LogP contribution in [0.3, 0.4) is 0 Å². The molecule has 2 aromatic heterocycles. The molecule has 0 unspecified atom stereocenters. The quantitative estimate of drug-likeness (QED) is 0.254. The Hall–Kier alpha value is -5.70. The van der Waals surface area contributed by atoms with Crippen molar-refractivity contribution in [2.45, 2.75) is 0 Å². The molecule has 0 spiro atoms. The molecule has 2 amide bonds. The fourth-order valence-electron chi connectivity index (χ4n) is 4.92. The van der Waals surface area contributed by atoms with Gasteiger partial charge in [0.25, 0.3) is 11.8 Å². The van der Waals surface area contributed by atoms with Crippen molar-refractivity contribution >= 4 is 45.5 Å². The molecule has 6 aromatic rings. The Morgan fingerprint density at radius 2 is 1.62 bits per heavy atom. The van der Waals surface area contributed by atoms with E-state index in [1.165, 1.54) is 25.3 Å². The highest BCUT2D eigenvalue weighted by molar-refractivity contribution is 6.35. The molecule has 3 heterocycles. The van der Waals surface area contributed by atoms with E-state index in [4.69, 9.17) is 13.6 Å². The third-order valence-corrected chi connectivity index (χ3v) is 6.90. The largest absolute Gasteiger partial charge is 0.495 e. The first-order valence-electron chi connectivity index (χ1n) is 12.3. The first-order chi connectivity index (χ1) is 19.4. The summed E-state index contributed by atoms with van der Waals surface area (Å²) in [5.74, 6) is -1.16. The van der Waals surface area contributed by atoms with E-state index < -0.39 is 17.8 Å². The van der Waals surface area contributed by atoms with Gasteiger partial charge in [-0.15, -0.1) is 0 Å². The smallest absolute Gasteiger partial charge is 0.335 e. The van der Waals surface area contributed by atoms with Crippen molar-refractivity contribution in [3.05, 3.63) is 102 Å². The molecule has 1 aliphatic heterocycles. The average molecular weight is 530 g/mol. The summed E-state index contributed by atoms with van der Waals surface area (Å²) in [5.41, 5.74) is 3.52. The lowest BCUT2D eigenvalue weighted by molar-refractivity contribution is 0.0696. The van der Waals surface area contributed by atoms with E-state index in [0.717, 1.165) is 21.4 Å². The first-order valence-corrected chi connectivity index (χ1v) is 12.3. The van der Waals surface area contributed by atoms with E-state index in [2.05, 4.69) is 4.98 Å². The number of imide groups is 1. The lowest BCUT2D eigenvalue weighted by atomic mass is 10.1. The van der Waals surface area contributed by atoms with Gasteiger partial charge in [-0.1, -0.05) is 18.2 Å². The predicted molar refractivity (Wildman–Crippen MR) is 146 cm³/mol. The molecular weight excluding hydrogens is 512 g/mol. The number of oxazole rings is 1. The molecule has 0 saturated carbocycles. The maximum Gasteiger partial charge on any atom is 0.335 e. The number of methoxy groups -OCH3 is 1. The van der Waals surface area contributed by atoms with Crippen LogP contribution in [-0.2, 0) is 0 Å². The predicted octanol–water partition coefficient (Wildman–Crippen LogP) is 6.42. The van der Waals surface area contributed by atoms with Crippen LogP contribution in [0.15, 0.2) is 93.8 Å². The van der Waals surface area contributed by atoms with E-state index in [-0.39, 0.29) is 34.0 Å². The van der Waals surface area contributed by atoms with Gasteiger partial charge in [0.2, 0.25) is 5.89 Å². The Bertz CT molecular complexity index is 2000. The minimum Gasteiger partial charge on any atom is -0.495 e. The fraction of sp³-hybridized carbons (Fsp3) is 0.0323. The summed E-state index contributed by atoms with van der Waals surface area (Å²) in [6.45, 7) is 0. The third-order valence-electron chi connectivity index (χ3n) is 6.90. The summed E-state index contributed by atoms with van der Waals surface area (Å²) in [7, 11) is 1.43. The van der Waals surface area contributed by atoms with Crippen LogP contribution in [-0.4, -0.2) is 35.0 Å². The summed E-state index contributed by atoms with van der Waals surface area (Å²) in [6.07, 6.45) is 0. The zero-order valence-corrected chi connectivity index (χ0v) is 20.9. The zero-order valence-electron chi connectivity index (χ0n) is 20.9. The summed E-state index contributed by atoms with van der Waals surface area (Å²) >= 11 is 0. The number of aromatic nitrogens is 1. The third kappa shape index (κ3) is 3.56. The molecule has 0 saturated heterocycles. The fourth-order valence-corrected chi connectivity index (χ4v) is 4.92. The monoisotopic (exact) mass is 530 g/mol. The number of rotatable bonds is 5. The average Bonchev–Trinajstić information content (AvgIpc) is 3.66. The number of ether oxygens (including phenoxy) is 1. The molecule has 0 fully saturated rings. The number of carbonyl (C=O) groups excluding carboxylic acids is 2.